The molecular weight excluding hydrogens is 304 g/mol. The van der Waals surface area contributed by atoms with Gasteiger partial charge < -0.3 is 0 Å². The second-order valence-electron chi connectivity index (χ2n) is 6.75. The zero-order valence-corrected chi connectivity index (χ0v) is 17.8. The van der Waals surface area contributed by atoms with Crippen LogP contribution in [-0.4, -0.2) is 9.97 Å². The van der Waals surface area contributed by atoms with E-state index in [0.717, 1.165) is 18.7 Å². The van der Waals surface area contributed by atoms with Gasteiger partial charge in [-0.2, -0.15) is 0 Å². The van der Waals surface area contributed by atoms with Crippen molar-refractivity contribution < 1.29 is 0 Å². The van der Waals surface area contributed by atoms with E-state index in [-0.39, 0.29) is 0 Å². The molecular formula is C23H42N2. The van der Waals surface area contributed by atoms with E-state index in [1.807, 2.05) is 26.2 Å². The second-order valence-corrected chi connectivity index (χ2v) is 6.75. The van der Waals surface area contributed by atoms with Gasteiger partial charge in [0.1, 0.15) is 5.82 Å². The minimum Gasteiger partial charge on any atom is -0.241 e. The highest BCUT2D eigenvalue weighted by Gasteiger charge is 2.11. The minimum atomic E-state index is 0.650. The largest absolute Gasteiger partial charge is 0.241 e. The summed E-state index contributed by atoms with van der Waals surface area (Å²) in [6.07, 6.45) is 18.6. The van der Waals surface area contributed by atoms with Gasteiger partial charge in [-0.1, -0.05) is 85.3 Å². The Hall–Kier alpha value is -1.18. The molecule has 0 amide bonds. The van der Waals surface area contributed by atoms with Crippen LogP contribution < -0.4 is 0 Å². The van der Waals surface area contributed by atoms with E-state index in [4.69, 9.17) is 0 Å². The Bertz CT molecular complexity index is 434. The number of allylic oxidation sites excluding steroid dienone is 2. The molecule has 144 valence electrons. The van der Waals surface area contributed by atoms with Gasteiger partial charge in [-0.15, -0.1) is 0 Å². The van der Waals surface area contributed by atoms with Crippen molar-refractivity contribution in [2.24, 2.45) is 5.92 Å². The van der Waals surface area contributed by atoms with Crippen molar-refractivity contribution in [3.8, 4) is 0 Å². The van der Waals surface area contributed by atoms with E-state index < -0.39 is 0 Å². The molecule has 0 aromatic carbocycles. The fraction of sp³-hybridized carbons (Fsp3) is 0.739. The molecule has 0 spiro atoms. The van der Waals surface area contributed by atoms with Gasteiger partial charge in [-0.25, -0.2) is 9.97 Å². The number of unbranched alkanes of at least 4 members (excludes halogenated alkanes) is 4. The van der Waals surface area contributed by atoms with Crippen LogP contribution >= 0.6 is 0 Å². The number of rotatable bonds is 12. The van der Waals surface area contributed by atoms with E-state index in [2.05, 4.69) is 43.7 Å². The molecule has 0 saturated carbocycles. The first-order chi connectivity index (χ1) is 12.2. The van der Waals surface area contributed by atoms with Crippen LogP contribution in [0.4, 0.5) is 0 Å². The molecule has 0 bridgehead atoms. The Balaban J connectivity index is 0.00000277. The van der Waals surface area contributed by atoms with E-state index in [0.29, 0.717) is 5.92 Å². The molecule has 1 unspecified atom stereocenters. The highest BCUT2D eigenvalue weighted by atomic mass is 14.9. The van der Waals surface area contributed by atoms with E-state index in [1.54, 1.807) is 0 Å². The van der Waals surface area contributed by atoms with Crippen LogP contribution in [0.15, 0.2) is 24.0 Å². The van der Waals surface area contributed by atoms with Crippen molar-refractivity contribution in [3.05, 3.63) is 35.4 Å². The summed E-state index contributed by atoms with van der Waals surface area (Å²) >= 11 is 0. The van der Waals surface area contributed by atoms with Gasteiger partial charge in [0.05, 0.1) is 0 Å². The van der Waals surface area contributed by atoms with Crippen LogP contribution in [0.5, 0.6) is 0 Å². The van der Waals surface area contributed by atoms with Gasteiger partial charge in [0, 0.05) is 18.8 Å². The number of aryl methyl sites for hydroxylation is 1. The predicted molar refractivity (Wildman–Crippen MR) is 112 cm³/mol. The number of aromatic nitrogens is 2. The Morgan fingerprint density at radius 2 is 1.60 bits per heavy atom. The summed E-state index contributed by atoms with van der Waals surface area (Å²) in [4.78, 5) is 9.21. The Morgan fingerprint density at radius 3 is 2.16 bits per heavy atom. The minimum absolute atomic E-state index is 0.650. The summed E-state index contributed by atoms with van der Waals surface area (Å²) in [6.45, 7) is 13.1. The Morgan fingerprint density at radius 1 is 0.960 bits per heavy atom. The first-order valence-corrected chi connectivity index (χ1v) is 10.7. The van der Waals surface area contributed by atoms with Crippen molar-refractivity contribution in [1.82, 2.24) is 9.97 Å². The first-order valence-electron chi connectivity index (χ1n) is 10.7. The molecule has 25 heavy (non-hydrogen) atoms. The molecule has 1 aromatic rings. The first kappa shape index (κ1) is 23.8. The molecule has 0 aliphatic heterocycles. The lowest BCUT2D eigenvalue weighted by Crippen LogP contribution is -2.06. The summed E-state index contributed by atoms with van der Waals surface area (Å²) in [5, 5.41) is 0. The van der Waals surface area contributed by atoms with Gasteiger partial charge in [0.15, 0.2) is 0 Å². The fourth-order valence-electron chi connectivity index (χ4n) is 2.83. The maximum Gasteiger partial charge on any atom is 0.132 e. The lowest BCUT2D eigenvalue weighted by Gasteiger charge is -2.16. The average molecular weight is 347 g/mol. The molecule has 2 nitrogen and oxygen atoms in total. The van der Waals surface area contributed by atoms with Gasteiger partial charge in [-0.05, 0) is 37.2 Å². The van der Waals surface area contributed by atoms with Crippen molar-refractivity contribution in [2.45, 2.75) is 106 Å². The van der Waals surface area contributed by atoms with E-state index in [9.17, 15) is 0 Å². The van der Waals surface area contributed by atoms with Crippen LogP contribution in [0.1, 0.15) is 104 Å². The van der Waals surface area contributed by atoms with Crippen molar-refractivity contribution in [2.75, 3.05) is 0 Å². The normalized spacial score (nSPS) is 12.5. The third-order valence-electron chi connectivity index (χ3n) is 4.51. The highest BCUT2D eigenvalue weighted by Crippen LogP contribution is 2.22. The van der Waals surface area contributed by atoms with Gasteiger partial charge >= 0.3 is 0 Å². The lowest BCUT2D eigenvalue weighted by atomic mass is 9.91. The lowest BCUT2D eigenvalue weighted by molar-refractivity contribution is 0.541. The summed E-state index contributed by atoms with van der Waals surface area (Å²) in [7, 11) is 0. The Labute approximate surface area is 157 Å². The monoisotopic (exact) mass is 346 g/mol. The summed E-state index contributed by atoms with van der Waals surface area (Å²) < 4.78 is 0. The molecule has 0 radical (unpaired) electrons. The van der Waals surface area contributed by atoms with E-state index in [1.165, 1.54) is 62.5 Å². The molecule has 1 heterocycles. The maximum absolute atomic E-state index is 4.61. The molecule has 0 saturated heterocycles. The number of hydrogen-bond donors (Lipinski definition) is 0. The molecule has 2 heteroatoms. The van der Waals surface area contributed by atoms with Crippen molar-refractivity contribution in [1.29, 1.82) is 0 Å². The fourth-order valence-corrected chi connectivity index (χ4v) is 2.83. The molecule has 0 N–H and O–H groups in total. The van der Waals surface area contributed by atoms with Crippen molar-refractivity contribution >= 4 is 0 Å². The van der Waals surface area contributed by atoms with Crippen LogP contribution in [0.3, 0.4) is 0 Å². The maximum atomic E-state index is 4.61. The third-order valence-corrected chi connectivity index (χ3v) is 4.51. The molecule has 1 rings (SSSR count). The topological polar surface area (TPSA) is 25.8 Å². The highest BCUT2D eigenvalue weighted by molar-refractivity contribution is 5.14. The zero-order chi connectivity index (χ0) is 18.9. The van der Waals surface area contributed by atoms with Crippen LogP contribution in [0.25, 0.3) is 0 Å². The average Bonchev–Trinajstić information content (AvgIpc) is 2.66. The second kappa shape index (κ2) is 16.3. The molecule has 0 aliphatic carbocycles. The van der Waals surface area contributed by atoms with Crippen LogP contribution in [0, 0.1) is 5.92 Å². The van der Waals surface area contributed by atoms with Gasteiger partial charge in [-0.3, -0.25) is 0 Å². The molecule has 0 fully saturated rings. The van der Waals surface area contributed by atoms with E-state index >= 15 is 0 Å². The predicted octanol–water partition coefficient (Wildman–Crippen LogP) is 7.33. The summed E-state index contributed by atoms with van der Waals surface area (Å²) in [6, 6.07) is 0. The SMILES string of the molecule is CC.CCC/C=C(/Cc1ncc(CCCC)cn1)C(C)CCCCC. The molecule has 1 aromatic heterocycles. The summed E-state index contributed by atoms with van der Waals surface area (Å²) in [5.41, 5.74) is 2.80. The molecule has 1 atom stereocenters. The standard InChI is InChI=1S/C21H36N2.C2H6/c1-5-8-11-12-18(4)20(14-10-7-3)15-21-22-16-19(17-23-21)13-9-6-2;1-2/h14,16-18H,5-13,15H2,1-4H3;1-2H3/b20-14-;. The molecule has 0 aliphatic rings. The van der Waals surface area contributed by atoms with Crippen LogP contribution in [-0.2, 0) is 12.8 Å². The van der Waals surface area contributed by atoms with Crippen LogP contribution in [0.2, 0.25) is 0 Å². The van der Waals surface area contributed by atoms with Crippen molar-refractivity contribution in [3.63, 3.8) is 0 Å². The number of hydrogen-bond acceptors (Lipinski definition) is 2. The Kier molecular flexibility index (Phi) is 15.5. The van der Waals surface area contributed by atoms with Gasteiger partial charge in [0.2, 0.25) is 0 Å². The smallest absolute Gasteiger partial charge is 0.132 e. The zero-order valence-electron chi connectivity index (χ0n) is 17.8. The quantitative estimate of drug-likeness (QED) is 0.292. The third kappa shape index (κ3) is 11.1. The van der Waals surface area contributed by atoms with Gasteiger partial charge in [0.25, 0.3) is 0 Å². The summed E-state index contributed by atoms with van der Waals surface area (Å²) in [5.74, 6) is 1.63. The number of nitrogens with zero attached hydrogens (tertiary/aromatic N) is 2.